The molecule has 1 atom stereocenters. The van der Waals surface area contributed by atoms with Crippen molar-refractivity contribution >= 4 is 22.9 Å². The zero-order valence-corrected chi connectivity index (χ0v) is 20.3. The van der Waals surface area contributed by atoms with E-state index >= 15 is 0 Å². The van der Waals surface area contributed by atoms with Gasteiger partial charge < -0.3 is 24.8 Å². The number of piperazine rings is 1. The van der Waals surface area contributed by atoms with Crippen LogP contribution in [-0.2, 0) is 0 Å². The monoisotopic (exact) mass is 470 g/mol. The van der Waals surface area contributed by atoms with Crippen LogP contribution in [0, 0.1) is 6.92 Å². The average Bonchev–Trinajstić information content (AvgIpc) is 3.34. The Morgan fingerprint density at radius 2 is 1.83 bits per heavy atom. The molecule has 2 amide bonds. The second-order valence-electron chi connectivity index (χ2n) is 8.93. The molecule has 1 fully saturated rings. The summed E-state index contributed by atoms with van der Waals surface area (Å²) in [6.07, 6.45) is 1.60. The van der Waals surface area contributed by atoms with E-state index < -0.39 is 0 Å². The second kappa shape index (κ2) is 9.66. The Bertz CT molecular complexity index is 1330. The first kappa shape index (κ1) is 22.7. The third-order valence-electron chi connectivity index (χ3n) is 6.57. The highest BCUT2D eigenvalue weighted by Crippen LogP contribution is 2.29. The van der Waals surface area contributed by atoms with Crippen LogP contribution in [0.5, 0.6) is 5.75 Å². The van der Waals surface area contributed by atoms with Gasteiger partial charge in [0.05, 0.1) is 18.5 Å². The van der Waals surface area contributed by atoms with Crippen LogP contribution in [0.25, 0.3) is 22.3 Å². The molecule has 4 aromatic rings. The average molecular weight is 471 g/mol. The summed E-state index contributed by atoms with van der Waals surface area (Å²) in [4.78, 5) is 29.5. The highest BCUT2D eigenvalue weighted by molar-refractivity contribution is 5.92. The zero-order chi connectivity index (χ0) is 24.4. The highest BCUT2D eigenvalue weighted by atomic mass is 16.5. The van der Waals surface area contributed by atoms with Crippen molar-refractivity contribution in [2.45, 2.75) is 19.9 Å². The Labute approximate surface area is 204 Å². The van der Waals surface area contributed by atoms with Crippen molar-refractivity contribution in [3.8, 4) is 17.0 Å². The van der Waals surface area contributed by atoms with Crippen LogP contribution in [-0.4, -0.2) is 59.2 Å². The van der Waals surface area contributed by atoms with Crippen LogP contribution in [0.3, 0.4) is 0 Å². The number of H-pyrrole nitrogens is 1. The number of benzene rings is 2. The topological polar surface area (TPSA) is 86.4 Å². The summed E-state index contributed by atoms with van der Waals surface area (Å²) in [5.41, 5.74) is 5.19. The van der Waals surface area contributed by atoms with E-state index in [0.29, 0.717) is 26.2 Å². The van der Waals surface area contributed by atoms with Gasteiger partial charge in [-0.25, -0.2) is 14.8 Å². The maximum atomic E-state index is 12.9. The number of nitrogens with zero attached hydrogens (tertiary/aromatic N) is 4. The molecule has 35 heavy (non-hydrogen) atoms. The molecule has 0 spiro atoms. The number of carbonyl (C=O) groups excluding carboxylic acids is 1. The maximum Gasteiger partial charge on any atom is 0.317 e. The molecule has 2 aromatic carbocycles. The van der Waals surface area contributed by atoms with E-state index in [0.717, 1.165) is 39.4 Å². The highest BCUT2D eigenvalue weighted by Gasteiger charge is 2.25. The summed E-state index contributed by atoms with van der Waals surface area (Å²) < 4.78 is 5.30. The number of aromatic amines is 1. The lowest BCUT2D eigenvalue weighted by Gasteiger charge is -2.36. The lowest BCUT2D eigenvalue weighted by Crippen LogP contribution is -2.52. The van der Waals surface area contributed by atoms with Gasteiger partial charge in [-0.15, -0.1) is 0 Å². The Morgan fingerprint density at radius 1 is 1.06 bits per heavy atom. The molecule has 0 saturated carbocycles. The number of hydrogen-bond donors (Lipinski definition) is 2. The molecule has 180 valence electrons. The molecule has 2 aromatic heterocycles. The molecule has 8 heteroatoms. The van der Waals surface area contributed by atoms with Gasteiger partial charge in [0.2, 0.25) is 0 Å². The van der Waals surface area contributed by atoms with E-state index in [2.05, 4.69) is 62.4 Å². The normalized spacial score (nSPS) is 14.7. The number of rotatable bonds is 5. The van der Waals surface area contributed by atoms with E-state index in [1.54, 1.807) is 13.4 Å². The largest absolute Gasteiger partial charge is 0.497 e. The molecule has 3 heterocycles. The van der Waals surface area contributed by atoms with E-state index in [9.17, 15) is 4.79 Å². The number of amides is 2. The Kier molecular flexibility index (Phi) is 6.27. The first-order chi connectivity index (χ1) is 17.0. The van der Waals surface area contributed by atoms with E-state index in [4.69, 9.17) is 4.74 Å². The first-order valence-electron chi connectivity index (χ1n) is 11.9. The van der Waals surface area contributed by atoms with Gasteiger partial charge in [-0.05, 0) is 43.2 Å². The summed E-state index contributed by atoms with van der Waals surface area (Å²) in [7, 11) is 1.64. The molecule has 1 aliphatic heterocycles. The zero-order valence-electron chi connectivity index (χ0n) is 20.3. The Morgan fingerprint density at radius 3 is 2.57 bits per heavy atom. The summed E-state index contributed by atoms with van der Waals surface area (Å²) in [5.74, 6) is 1.68. The van der Waals surface area contributed by atoms with Crippen LogP contribution >= 0.6 is 0 Å². The first-order valence-corrected chi connectivity index (χ1v) is 11.9. The number of methoxy groups -OCH3 is 1. The van der Waals surface area contributed by atoms with Crippen molar-refractivity contribution in [3.63, 3.8) is 0 Å². The van der Waals surface area contributed by atoms with Gasteiger partial charge in [0.15, 0.2) is 0 Å². The molecule has 0 bridgehead atoms. The van der Waals surface area contributed by atoms with Crippen molar-refractivity contribution in [1.82, 2.24) is 25.2 Å². The number of carbonyl (C=O) groups is 1. The Balaban J connectivity index is 1.25. The van der Waals surface area contributed by atoms with Gasteiger partial charge in [-0.3, -0.25) is 0 Å². The third-order valence-corrected chi connectivity index (χ3v) is 6.57. The summed E-state index contributed by atoms with van der Waals surface area (Å²) >= 11 is 0. The van der Waals surface area contributed by atoms with Crippen LogP contribution in [0.15, 0.2) is 60.9 Å². The number of nitrogens with one attached hydrogen (secondary N) is 2. The molecule has 0 unspecified atom stereocenters. The number of aryl methyl sites for hydroxylation is 1. The van der Waals surface area contributed by atoms with Crippen molar-refractivity contribution < 1.29 is 9.53 Å². The predicted molar refractivity (Wildman–Crippen MR) is 138 cm³/mol. The van der Waals surface area contributed by atoms with Gasteiger partial charge in [0, 0.05) is 31.9 Å². The van der Waals surface area contributed by atoms with Gasteiger partial charge in [0.25, 0.3) is 0 Å². The van der Waals surface area contributed by atoms with Crippen molar-refractivity contribution in [1.29, 1.82) is 0 Å². The number of ether oxygens (including phenoxy) is 1. The maximum absolute atomic E-state index is 12.9. The summed E-state index contributed by atoms with van der Waals surface area (Å²) in [6, 6.07) is 18.1. The molecule has 0 aliphatic carbocycles. The lowest BCUT2D eigenvalue weighted by atomic mass is 10.1. The number of hydrogen-bond acceptors (Lipinski definition) is 5. The van der Waals surface area contributed by atoms with Gasteiger partial charge >= 0.3 is 6.03 Å². The summed E-state index contributed by atoms with van der Waals surface area (Å²) in [5, 5.41) is 4.10. The number of fused-ring (bicyclic) bond motifs is 1. The summed E-state index contributed by atoms with van der Waals surface area (Å²) in [6.45, 7) is 6.72. The quantitative estimate of drug-likeness (QED) is 0.447. The number of anilines is 1. The molecule has 2 N–H and O–H groups in total. The minimum Gasteiger partial charge on any atom is -0.497 e. The van der Waals surface area contributed by atoms with E-state index in [1.807, 2.05) is 36.1 Å². The molecular weight excluding hydrogens is 440 g/mol. The molecular formula is C27H30N6O2. The van der Waals surface area contributed by atoms with Crippen LogP contribution in [0.4, 0.5) is 10.6 Å². The predicted octanol–water partition coefficient (Wildman–Crippen LogP) is 4.53. The van der Waals surface area contributed by atoms with Gasteiger partial charge in [-0.1, -0.05) is 42.0 Å². The molecule has 1 saturated heterocycles. The fourth-order valence-corrected chi connectivity index (χ4v) is 4.46. The standard InChI is InChI=1S/C27H30N6O2/c1-18-7-9-20(10-8-18)24-16-23-25(31-24)28-17-29-26(23)32-11-13-33(14-12-32)27(34)30-19(2)21-5-4-6-22(15-21)35-3/h4-10,15-17,19H,11-14H2,1-3H3,(H,30,34)(H,28,29,31)/t19-/m1/s1. The molecule has 0 radical (unpaired) electrons. The van der Waals surface area contributed by atoms with Gasteiger partial charge in [-0.2, -0.15) is 0 Å². The van der Waals surface area contributed by atoms with Crippen LogP contribution in [0.2, 0.25) is 0 Å². The van der Waals surface area contributed by atoms with Crippen molar-refractivity contribution in [2.24, 2.45) is 0 Å². The van der Waals surface area contributed by atoms with E-state index in [-0.39, 0.29) is 12.1 Å². The fraction of sp³-hybridized carbons (Fsp3) is 0.296. The third kappa shape index (κ3) is 4.77. The molecule has 1 aliphatic rings. The second-order valence-corrected chi connectivity index (χ2v) is 8.93. The lowest BCUT2D eigenvalue weighted by molar-refractivity contribution is 0.191. The SMILES string of the molecule is COc1cccc([C@@H](C)NC(=O)N2CCN(c3ncnc4[nH]c(-c5ccc(C)cc5)cc34)CC2)c1. The van der Waals surface area contributed by atoms with Crippen molar-refractivity contribution in [3.05, 3.63) is 72.1 Å². The van der Waals surface area contributed by atoms with Crippen LogP contribution < -0.4 is 15.0 Å². The fourth-order valence-electron chi connectivity index (χ4n) is 4.46. The minimum absolute atomic E-state index is 0.0592. The van der Waals surface area contributed by atoms with Gasteiger partial charge in [0.1, 0.15) is 23.5 Å². The molecule has 5 rings (SSSR count). The smallest absolute Gasteiger partial charge is 0.317 e. The van der Waals surface area contributed by atoms with Crippen molar-refractivity contribution in [2.75, 3.05) is 38.2 Å². The van der Waals surface area contributed by atoms with E-state index in [1.165, 1.54) is 5.56 Å². The number of urea groups is 1. The number of aromatic nitrogens is 3. The molecule has 8 nitrogen and oxygen atoms in total. The minimum atomic E-state index is -0.114. The Hall–Kier alpha value is -4.07. The van der Waals surface area contributed by atoms with Crippen LogP contribution in [0.1, 0.15) is 24.1 Å².